The average molecular weight is 671 g/mol. The Hall–Kier alpha value is -2.16. The Kier molecular flexibility index (Phi) is 33.5. The molecule has 0 bridgehead atoms. The minimum Gasteiger partial charge on any atom is -0.463 e. The molecule has 0 aliphatic heterocycles. The van der Waals surface area contributed by atoms with Gasteiger partial charge in [-0.05, 0) is 19.3 Å². The number of carbonyl (C=O) groups excluding carboxylic acids is 4. The van der Waals surface area contributed by atoms with E-state index < -0.39 is 24.0 Å². The van der Waals surface area contributed by atoms with E-state index in [1.54, 1.807) is 0 Å². The molecule has 0 saturated carbocycles. The monoisotopic (exact) mass is 671 g/mol. The molecule has 0 amide bonds. The fourth-order valence-corrected chi connectivity index (χ4v) is 5.35. The lowest BCUT2D eigenvalue weighted by atomic mass is 10.1. The van der Waals surface area contributed by atoms with E-state index in [0.717, 1.165) is 38.5 Å². The largest absolute Gasteiger partial charge is 0.463 e. The molecule has 0 aromatic carbocycles. The molecule has 47 heavy (non-hydrogen) atoms. The first-order valence-corrected chi connectivity index (χ1v) is 19.2. The molecule has 0 aliphatic carbocycles. The van der Waals surface area contributed by atoms with Gasteiger partial charge in [0.25, 0.3) is 0 Å². The molecule has 0 aromatic heterocycles. The van der Waals surface area contributed by atoms with Crippen LogP contribution in [0.25, 0.3) is 0 Å². The minimum absolute atomic E-state index is 0.00766. The number of aliphatic hydroxyl groups is 1. The molecule has 1 atom stereocenters. The molecule has 0 heterocycles. The molecule has 1 N–H and O–H groups in total. The number of carbonyl (C=O) groups is 4. The fourth-order valence-electron chi connectivity index (χ4n) is 5.35. The van der Waals surface area contributed by atoms with Crippen molar-refractivity contribution in [1.29, 1.82) is 0 Å². The van der Waals surface area contributed by atoms with Crippen LogP contribution in [-0.2, 0) is 38.1 Å². The molecule has 0 aromatic rings. The zero-order chi connectivity index (χ0) is 34.6. The smallest absolute Gasteiger partial charge is 0.306 e. The maximum Gasteiger partial charge on any atom is 0.306 e. The zero-order valence-corrected chi connectivity index (χ0v) is 30.2. The van der Waals surface area contributed by atoms with Gasteiger partial charge in [-0.15, -0.1) is 0 Å². The summed E-state index contributed by atoms with van der Waals surface area (Å²) in [5.74, 6) is -1.78. The van der Waals surface area contributed by atoms with Crippen molar-refractivity contribution in [3.05, 3.63) is 0 Å². The Morgan fingerprint density at radius 3 is 1.13 bits per heavy atom. The van der Waals surface area contributed by atoms with Crippen LogP contribution in [0.1, 0.15) is 187 Å². The summed E-state index contributed by atoms with van der Waals surface area (Å²) < 4.78 is 21.0. The molecular formula is C38H70O9. The number of hydrogen-bond acceptors (Lipinski definition) is 9. The first kappa shape index (κ1) is 44.8. The highest BCUT2D eigenvalue weighted by molar-refractivity contribution is 5.73. The van der Waals surface area contributed by atoms with E-state index in [1.165, 1.54) is 103 Å². The van der Waals surface area contributed by atoms with Crippen LogP contribution in [0.5, 0.6) is 0 Å². The summed E-state index contributed by atoms with van der Waals surface area (Å²) in [6.45, 7) is 3.75. The van der Waals surface area contributed by atoms with E-state index >= 15 is 0 Å². The number of unbranched alkanes of at least 4 members (excludes halogenated alkanes) is 20. The van der Waals surface area contributed by atoms with Gasteiger partial charge in [0.15, 0.2) is 6.10 Å². The van der Waals surface area contributed by atoms with Crippen molar-refractivity contribution in [3.8, 4) is 0 Å². The van der Waals surface area contributed by atoms with Crippen LogP contribution in [0.15, 0.2) is 0 Å². The van der Waals surface area contributed by atoms with E-state index in [0.29, 0.717) is 6.42 Å². The van der Waals surface area contributed by atoms with E-state index in [1.807, 2.05) is 0 Å². The van der Waals surface area contributed by atoms with Crippen molar-refractivity contribution in [2.45, 2.75) is 193 Å². The summed E-state index contributed by atoms with van der Waals surface area (Å²) in [7, 11) is 0. The van der Waals surface area contributed by atoms with Gasteiger partial charge in [0.05, 0.1) is 6.61 Å². The van der Waals surface area contributed by atoms with Gasteiger partial charge in [0.1, 0.15) is 19.8 Å². The maximum absolute atomic E-state index is 12.5. The summed E-state index contributed by atoms with van der Waals surface area (Å²) >= 11 is 0. The molecule has 0 spiro atoms. The zero-order valence-electron chi connectivity index (χ0n) is 30.2. The molecule has 0 radical (unpaired) electrons. The van der Waals surface area contributed by atoms with Crippen LogP contribution in [0, 0.1) is 0 Å². The number of rotatable bonds is 35. The second-order valence-corrected chi connectivity index (χ2v) is 12.8. The van der Waals surface area contributed by atoms with Crippen LogP contribution in [0.4, 0.5) is 0 Å². The quantitative estimate of drug-likeness (QED) is 0.0399. The predicted octanol–water partition coefficient (Wildman–Crippen LogP) is 9.09. The molecule has 0 fully saturated rings. The van der Waals surface area contributed by atoms with E-state index in [4.69, 9.17) is 24.1 Å². The topological polar surface area (TPSA) is 125 Å². The van der Waals surface area contributed by atoms with Crippen LogP contribution < -0.4 is 0 Å². The van der Waals surface area contributed by atoms with Crippen molar-refractivity contribution in [2.24, 2.45) is 0 Å². The highest BCUT2D eigenvalue weighted by Gasteiger charge is 2.19. The third-order valence-electron chi connectivity index (χ3n) is 8.24. The highest BCUT2D eigenvalue weighted by atomic mass is 16.6. The lowest BCUT2D eigenvalue weighted by Crippen LogP contribution is -2.31. The van der Waals surface area contributed by atoms with Gasteiger partial charge in [-0.3, -0.25) is 19.2 Å². The minimum atomic E-state index is -0.880. The molecule has 0 saturated heterocycles. The Balaban J connectivity index is 4.37. The van der Waals surface area contributed by atoms with Crippen molar-refractivity contribution >= 4 is 23.9 Å². The Morgan fingerprint density at radius 2 is 0.745 bits per heavy atom. The lowest BCUT2D eigenvalue weighted by molar-refractivity contribution is -0.167. The van der Waals surface area contributed by atoms with Gasteiger partial charge in [-0.1, -0.05) is 142 Å². The standard InChI is InChI=1S/C38H70O9/c1-3-5-7-9-11-13-15-17-19-21-23-26-36(41)45-32-34(33-46-37(42)29-25-28-35(40)44-31-30-39)47-38(43)27-24-22-20-18-16-14-12-10-8-6-4-2/h34,39H,3-33H2,1-2H3. The van der Waals surface area contributed by atoms with Gasteiger partial charge in [-0.25, -0.2) is 0 Å². The molecule has 1 unspecified atom stereocenters. The van der Waals surface area contributed by atoms with Crippen LogP contribution in [-0.4, -0.2) is 61.5 Å². The summed E-state index contributed by atoms with van der Waals surface area (Å²) in [6, 6.07) is 0. The second kappa shape index (κ2) is 35.2. The van der Waals surface area contributed by atoms with E-state index in [-0.39, 0.29) is 58.1 Å². The van der Waals surface area contributed by atoms with Crippen molar-refractivity contribution in [2.75, 3.05) is 26.4 Å². The molecular weight excluding hydrogens is 600 g/mol. The van der Waals surface area contributed by atoms with Gasteiger partial charge in [-0.2, -0.15) is 0 Å². The number of aliphatic hydroxyl groups excluding tert-OH is 1. The molecule has 276 valence electrons. The first-order chi connectivity index (χ1) is 22.9. The van der Waals surface area contributed by atoms with Crippen LogP contribution >= 0.6 is 0 Å². The van der Waals surface area contributed by atoms with Crippen molar-refractivity contribution in [1.82, 2.24) is 0 Å². The molecule has 9 heteroatoms. The van der Waals surface area contributed by atoms with Gasteiger partial charge < -0.3 is 24.1 Å². The molecule has 0 aliphatic rings. The number of esters is 4. The molecule has 9 nitrogen and oxygen atoms in total. The third kappa shape index (κ3) is 33.5. The predicted molar refractivity (Wildman–Crippen MR) is 186 cm³/mol. The SMILES string of the molecule is CCCCCCCCCCCCCC(=O)OCC(COC(=O)CCCC(=O)OCCO)OC(=O)CCCCCCCCCCCCC. The fraction of sp³-hybridized carbons (Fsp3) is 0.895. The molecule has 0 rings (SSSR count). The first-order valence-electron chi connectivity index (χ1n) is 19.2. The Labute approximate surface area is 286 Å². The summed E-state index contributed by atoms with van der Waals surface area (Å²) in [5, 5.41) is 8.72. The van der Waals surface area contributed by atoms with Crippen LogP contribution in [0.3, 0.4) is 0 Å². The Morgan fingerprint density at radius 1 is 0.426 bits per heavy atom. The average Bonchev–Trinajstić information content (AvgIpc) is 3.06. The summed E-state index contributed by atoms with van der Waals surface area (Å²) in [5.41, 5.74) is 0. The van der Waals surface area contributed by atoms with Crippen molar-refractivity contribution < 1.29 is 43.2 Å². The lowest BCUT2D eigenvalue weighted by Gasteiger charge is -2.18. The number of hydrogen-bond donors (Lipinski definition) is 1. The van der Waals surface area contributed by atoms with Gasteiger partial charge in [0.2, 0.25) is 0 Å². The normalized spacial score (nSPS) is 11.6. The highest BCUT2D eigenvalue weighted by Crippen LogP contribution is 2.14. The van der Waals surface area contributed by atoms with Crippen LogP contribution in [0.2, 0.25) is 0 Å². The third-order valence-corrected chi connectivity index (χ3v) is 8.24. The van der Waals surface area contributed by atoms with Gasteiger partial charge in [0, 0.05) is 25.7 Å². The summed E-state index contributed by atoms with van der Waals surface area (Å²) in [6.07, 6.45) is 26.1. The number of ether oxygens (including phenoxy) is 4. The maximum atomic E-state index is 12.5. The van der Waals surface area contributed by atoms with E-state index in [9.17, 15) is 19.2 Å². The Bertz CT molecular complexity index is 755. The van der Waals surface area contributed by atoms with E-state index in [2.05, 4.69) is 13.8 Å². The van der Waals surface area contributed by atoms with Gasteiger partial charge >= 0.3 is 23.9 Å². The summed E-state index contributed by atoms with van der Waals surface area (Å²) in [4.78, 5) is 48.7. The second-order valence-electron chi connectivity index (χ2n) is 12.8. The van der Waals surface area contributed by atoms with Crippen molar-refractivity contribution in [3.63, 3.8) is 0 Å².